The van der Waals surface area contributed by atoms with Gasteiger partial charge in [-0.1, -0.05) is 20.8 Å². The average Bonchev–Trinajstić information content (AvgIpc) is 2.90. The number of carboxylic acid groups (broad SMARTS) is 1. The van der Waals surface area contributed by atoms with E-state index in [4.69, 9.17) is 35.0 Å². The summed E-state index contributed by atoms with van der Waals surface area (Å²) in [6.45, 7) is 8.77. The third-order valence-corrected chi connectivity index (χ3v) is 5.24. The first-order chi connectivity index (χ1) is 18.8. The molecule has 1 fully saturated rings. The third-order valence-electron chi connectivity index (χ3n) is 5.24. The van der Waals surface area contributed by atoms with Crippen LogP contribution in [0.25, 0.3) is 0 Å². The van der Waals surface area contributed by atoms with Crippen LogP contribution in [-0.2, 0) is 23.9 Å². The molecule has 0 saturated heterocycles. The van der Waals surface area contributed by atoms with Crippen molar-refractivity contribution in [3.63, 3.8) is 0 Å². The second kappa shape index (κ2) is 35.2. The Hall–Kier alpha value is 2.37. The number of carboxylic acids is 1. The molecule has 0 radical (unpaired) electrons. The number of carbonyl (C=O) groups is 1. The van der Waals surface area contributed by atoms with E-state index in [9.17, 15) is 14.4 Å². The number of aliphatic carboxylic acids is 1. The first-order valence-corrected chi connectivity index (χ1v) is 30.6. The molecule has 12 nitrogen and oxygen atoms in total. The molecule has 0 aromatic carbocycles. The van der Waals surface area contributed by atoms with Gasteiger partial charge in [-0.25, -0.2) is 19.6 Å². The Kier molecular flexibility index (Phi) is 45.4. The normalized spacial score (nSPS) is 18.3. The van der Waals surface area contributed by atoms with Crippen molar-refractivity contribution in [2.24, 2.45) is 26.2 Å². The molecule has 0 aromatic rings. The molecular weight excluding hydrogens is 1230 g/mol. The van der Waals surface area contributed by atoms with Crippen LogP contribution in [0.4, 0.5) is 0 Å². The number of rotatable bonds is 13. The molecule has 0 bridgehead atoms. The van der Waals surface area contributed by atoms with E-state index >= 15 is 0 Å². The van der Waals surface area contributed by atoms with Crippen molar-refractivity contribution in [3.8, 4) is 0 Å². The minimum Gasteiger partial charge on any atom is -0.394 e. The Bertz CT molecular complexity index is 702. The Morgan fingerprint density at radius 1 is 0.951 bits per heavy atom. The zero-order valence-electron chi connectivity index (χ0n) is 23.5. The monoisotopic (exact) mass is 1270 g/mol. The van der Waals surface area contributed by atoms with Gasteiger partial charge in [-0.15, -0.1) is 24.0 Å². The number of nitrogens with zero attached hydrogens (tertiary/aromatic N) is 2. The Morgan fingerprint density at radius 2 is 1.39 bits per heavy atom. The number of hydrogen-bond acceptors (Lipinski definition) is 11. The van der Waals surface area contributed by atoms with Crippen LogP contribution in [0.15, 0.2) is 9.98 Å². The third kappa shape index (κ3) is 33.5. The summed E-state index contributed by atoms with van der Waals surface area (Å²) in [5.41, 5.74) is -1.33. The fourth-order valence-electron chi connectivity index (χ4n) is 3.72. The van der Waals surface area contributed by atoms with Gasteiger partial charge >= 0.3 is 56.5 Å². The van der Waals surface area contributed by atoms with Crippen LogP contribution in [0.5, 0.6) is 0 Å². The van der Waals surface area contributed by atoms with Crippen molar-refractivity contribution in [1.29, 1.82) is 0 Å². The zero-order valence-corrected chi connectivity index (χ0v) is 36.7. The second-order valence-electron chi connectivity index (χ2n) is 9.75. The molecule has 248 valence electrons. The number of carbonyl (C=O) groups excluding carboxylic acids is 2. The standard InChI is InChI=1S/C12H18N2O2.C6H14O4.C5H10O4.I3.I2.HI/c1-11(2)4-10(14-9-16)5-12(3,6-11)7-13-8-15;7-1-3-9-5-6-10-4-2-8;1-5(2-6,3-7)4(8)9;1-3-2;1-2;/h10H,4-7H2,1-3H3;7-8H,1-6H2;6-7H,2-3H2,1H3,(H,8,9);;;1H/q;;;-1;;. The molecule has 1 rings (SSSR count). The van der Waals surface area contributed by atoms with E-state index in [0.717, 1.165) is 19.3 Å². The first-order valence-electron chi connectivity index (χ1n) is 11.7. The SMILES string of the molecule is CC(CO)(CO)C(=O)O.CC1(C)CC(N=C=O)CC(C)(CN=C=O)C1.I.II.I[I-]I.OCCOCCOCCO. The van der Waals surface area contributed by atoms with Crippen LogP contribution in [-0.4, -0.2) is 109 Å². The van der Waals surface area contributed by atoms with Gasteiger partial charge in [-0.3, -0.25) is 4.79 Å². The Morgan fingerprint density at radius 3 is 1.68 bits per heavy atom. The van der Waals surface area contributed by atoms with E-state index in [1.165, 1.54) is 6.92 Å². The van der Waals surface area contributed by atoms with E-state index in [1.807, 2.05) is 0 Å². The number of aliphatic hydroxyl groups is 4. The van der Waals surface area contributed by atoms with Gasteiger partial charge in [0, 0.05) is 37.2 Å². The van der Waals surface area contributed by atoms with Crippen LogP contribution in [0.1, 0.15) is 47.0 Å². The number of isocyanates is 2. The molecule has 5 N–H and O–H groups in total. The molecule has 2 atom stereocenters. The summed E-state index contributed by atoms with van der Waals surface area (Å²) in [5, 5.41) is 41.7. The van der Waals surface area contributed by atoms with Crippen molar-refractivity contribution in [3.05, 3.63) is 0 Å². The second-order valence-corrected chi connectivity index (χ2v) is 26.0. The first kappa shape index (κ1) is 52.9. The maximum Gasteiger partial charge on any atom is 0.0701 e. The fourth-order valence-corrected chi connectivity index (χ4v) is 3.72. The minimum atomic E-state index is -1.39. The number of halogens is 6. The van der Waals surface area contributed by atoms with Crippen molar-refractivity contribution in [2.45, 2.75) is 53.0 Å². The summed E-state index contributed by atoms with van der Waals surface area (Å²) in [6.07, 6.45) is 5.88. The minimum absolute atomic E-state index is 0. The fraction of sp³-hybridized carbons (Fsp3) is 0.870. The molecule has 0 spiro atoms. The van der Waals surface area contributed by atoms with Crippen molar-refractivity contribution in [2.75, 3.05) is 59.4 Å². The average molecular weight is 1270 g/mol. The topological polar surface area (TPSA) is 196 Å². The van der Waals surface area contributed by atoms with Gasteiger partial charge in [0.15, 0.2) is 0 Å². The molecule has 0 amide bonds. The number of aliphatic hydroxyl groups excluding tert-OH is 4. The maximum absolute atomic E-state index is 10.3. The molecule has 2 unspecified atom stereocenters. The van der Waals surface area contributed by atoms with E-state index in [1.54, 1.807) is 12.2 Å². The summed E-state index contributed by atoms with van der Waals surface area (Å²) in [5.74, 6) is -1.19. The van der Waals surface area contributed by atoms with Crippen LogP contribution in [0.2, 0.25) is 0 Å². The van der Waals surface area contributed by atoms with Gasteiger partial charge in [0.25, 0.3) is 0 Å². The van der Waals surface area contributed by atoms with Crippen molar-refractivity contribution < 1.29 is 62.6 Å². The van der Waals surface area contributed by atoms with Gasteiger partial charge in [0.05, 0.1) is 65.4 Å². The predicted octanol–water partition coefficient (Wildman–Crippen LogP) is 1.47. The summed E-state index contributed by atoms with van der Waals surface area (Å²) >= 11 is 9.54. The van der Waals surface area contributed by atoms with Gasteiger partial charge in [0.1, 0.15) is 5.41 Å². The molecule has 1 aliphatic rings. The summed E-state index contributed by atoms with van der Waals surface area (Å²) in [4.78, 5) is 38.2. The molecule has 0 heterocycles. The maximum atomic E-state index is 10.3. The van der Waals surface area contributed by atoms with E-state index in [-0.39, 0.29) is 54.1 Å². The van der Waals surface area contributed by atoms with Crippen LogP contribution >= 0.6 is 98.4 Å². The van der Waals surface area contributed by atoms with Gasteiger partial charge in [-0.05, 0) is 37.0 Å². The molecule has 1 aliphatic carbocycles. The smallest absolute Gasteiger partial charge is 0.0701 e. The van der Waals surface area contributed by atoms with Crippen molar-refractivity contribution >= 4 is 117 Å². The largest absolute Gasteiger partial charge is 0.394 e. The Balaban J connectivity index is -0.000000151. The van der Waals surface area contributed by atoms with Crippen LogP contribution in [0.3, 0.4) is 0 Å². The van der Waals surface area contributed by atoms with Crippen LogP contribution in [0, 0.1) is 16.2 Å². The van der Waals surface area contributed by atoms with E-state index in [0.29, 0.717) is 46.2 Å². The summed E-state index contributed by atoms with van der Waals surface area (Å²) < 4.78 is 9.75. The molecule has 18 heteroatoms. The zero-order chi connectivity index (χ0) is 32.1. The summed E-state index contributed by atoms with van der Waals surface area (Å²) in [7, 11) is 0. The van der Waals surface area contributed by atoms with Gasteiger partial charge in [0.2, 0.25) is 12.2 Å². The quantitative estimate of drug-likeness (QED) is 0.0781. The van der Waals surface area contributed by atoms with E-state index < -0.39 is 24.6 Å². The number of hydrogen-bond donors (Lipinski definition) is 5. The number of aliphatic imine (C=N–C) groups is 2. The molecular formula is C23H43I6N2O10-. The number of ether oxygens (including phenoxy) is 2. The van der Waals surface area contributed by atoms with Crippen molar-refractivity contribution in [1.82, 2.24) is 0 Å². The molecule has 0 aliphatic heterocycles. The molecule has 0 aromatic heterocycles. The molecule has 41 heavy (non-hydrogen) atoms. The Labute approximate surface area is 313 Å². The van der Waals surface area contributed by atoms with Gasteiger partial charge in [-0.2, -0.15) is 0 Å². The van der Waals surface area contributed by atoms with Gasteiger partial charge < -0.3 is 35.0 Å². The van der Waals surface area contributed by atoms with Crippen LogP contribution < -0.4 is 13.3 Å². The predicted molar refractivity (Wildman–Crippen MR) is 198 cm³/mol. The molecule has 1 saturated carbocycles. The summed E-state index contributed by atoms with van der Waals surface area (Å²) in [6, 6.07) is 0.00750. The van der Waals surface area contributed by atoms with E-state index in [2.05, 4.69) is 105 Å².